The van der Waals surface area contributed by atoms with Crippen molar-refractivity contribution < 1.29 is 133 Å². The number of carboxylic acids is 2. The SMILES string of the molecule is O=C([O-])c1ccccc1N=Nc1c(SOO[O-])cc2cc(S(=O)(=O)[O-])cc(Nc3nc(O)nc(Nc4ccccc4C(=O)[O-])n3)c2c1O.[Li+].[Li+].[Li+].[Li+]. The van der Waals surface area contributed by atoms with Crippen LogP contribution in [-0.4, -0.2) is 50.1 Å². The fourth-order valence-electron chi connectivity index (χ4n) is 4.24. The molecule has 0 aliphatic rings. The standard InChI is InChI=1S/C27H19N7O12S2.4Li/c35-22-20-12(10-19(47-46-45-41)21(22)34-33-17-8-4-2-6-15(17)24(38)39)9-13(48(42,43)44)11-18(20)29-26-30-25(31-27(40)32-26)28-16-7-3-1-5-14(16)23(36)37;;;;/h1-11,35,41H,(H,36,37)(H,38,39)(H,42,43,44)(H3,28,29,30,31,32,40);;;;/q;4*+1/p-4. The predicted octanol–water partition coefficient (Wildman–Crippen LogP) is -10.8. The average Bonchev–Trinajstić information content (AvgIpc) is 3.02. The number of benzene rings is 4. The number of aromatic carboxylic acids is 2. The van der Waals surface area contributed by atoms with Crippen LogP contribution in [-0.2, 0) is 19.5 Å². The molecular formula is C27H15Li4N7O12S2. The number of para-hydroxylation sites is 1. The number of nitrogens with zero attached hydrogens (tertiary/aromatic N) is 5. The molecule has 0 radical (unpaired) electrons. The van der Waals surface area contributed by atoms with Crippen LogP contribution >= 0.6 is 12.0 Å². The third-order valence-corrected chi connectivity index (χ3v) is 7.64. The zero-order chi connectivity index (χ0) is 34.6. The molecule has 4 aromatic carbocycles. The van der Waals surface area contributed by atoms with Crippen molar-refractivity contribution in [2.24, 2.45) is 10.2 Å². The Morgan fingerprint density at radius 3 is 1.96 bits per heavy atom. The van der Waals surface area contributed by atoms with E-state index in [9.17, 15) is 48.2 Å². The summed E-state index contributed by atoms with van der Waals surface area (Å²) in [7, 11) is -5.16. The first-order valence-corrected chi connectivity index (χ1v) is 14.9. The van der Waals surface area contributed by atoms with Crippen LogP contribution in [0.5, 0.6) is 11.8 Å². The first-order chi connectivity index (χ1) is 22.8. The number of phenols is 1. The first-order valence-electron chi connectivity index (χ1n) is 12.8. The number of aromatic nitrogens is 3. The van der Waals surface area contributed by atoms with Gasteiger partial charge in [-0.15, -0.1) is 10.2 Å². The molecule has 0 spiro atoms. The van der Waals surface area contributed by atoms with Crippen LogP contribution in [0.3, 0.4) is 0 Å². The van der Waals surface area contributed by atoms with Gasteiger partial charge in [0.1, 0.15) is 15.8 Å². The van der Waals surface area contributed by atoms with Gasteiger partial charge in [-0.1, -0.05) is 36.4 Å². The van der Waals surface area contributed by atoms with Crippen molar-refractivity contribution in [1.29, 1.82) is 0 Å². The van der Waals surface area contributed by atoms with E-state index in [4.69, 9.17) is 0 Å². The number of aromatic hydroxyl groups is 2. The smallest absolute Gasteiger partial charge is 0.744 e. The molecular weight excluding hydrogens is 706 g/mol. The Morgan fingerprint density at radius 2 is 1.37 bits per heavy atom. The van der Waals surface area contributed by atoms with Gasteiger partial charge in [0, 0.05) is 22.2 Å². The summed E-state index contributed by atoms with van der Waals surface area (Å²) in [5.41, 5.74) is -1.65. The molecule has 0 aliphatic carbocycles. The number of hydrogen-bond donors (Lipinski definition) is 4. The number of azo groups is 1. The van der Waals surface area contributed by atoms with Crippen molar-refractivity contribution in [1.82, 2.24) is 15.0 Å². The van der Waals surface area contributed by atoms with Crippen molar-refractivity contribution in [3.05, 3.63) is 77.9 Å². The number of anilines is 4. The summed E-state index contributed by atoms with van der Waals surface area (Å²) in [5, 5.41) is 71.1. The van der Waals surface area contributed by atoms with Crippen LogP contribution in [0.4, 0.5) is 34.6 Å². The number of carboxylic acid groups (broad SMARTS) is 2. The molecule has 19 nitrogen and oxygen atoms in total. The molecule has 0 bridgehead atoms. The molecule has 25 heteroatoms. The van der Waals surface area contributed by atoms with Gasteiger partial charge in [-0.2, -0.15) is 19.3 Å². The van der Waals surface area contributed by atoms with Gasteiger partial charge in [0.2, 0.25) is 11.9 Å². The summed E-state index contributed by atoms with van der Waals surface area (Å²) in [6, 6.07) is 12.7. The van der Waals surface area contributed by atoms with Crippen molar-refractivity contribution >= 4 is 79.5 Å². The Bertz CT molecular complexity index is 2240. The minimum absolute atomic E-state index is 0. The maximum absolute atomic E-state index is 12.1. The number of carbonyl (C=O) groups is 2. The first kappa shape index (κ1) is 46.4. The molecule has 0 aliphatic heterocycles. The second-order valence-corrected chi connectivity index (χ2v) is 11.3. The Morgan fingerprint density at radius 1 is 0.788 bits per heavy atom. The third-order valence-electron chi connectivity index (χ3n) is 6.21. The molecule has 52 heavy (non-hydrogen) atoms. The van der Waals surface area contributed by atoms with Crippen LogP contribution in [0.2, 0.25) is 0 Å². The fourth-order valence-corrected chi connectivity index (χ4v) is 5.26. The maximum Gasteiger partial charge on any atom is 1.00 e. The molecule has 1 aromatic heterocycles. The number of phenolic OH excluding ortho intramolecular Hbond substituents is 1. The second-order valence-electron chi connectivity index (χ2n) is 9.18. The van der Waals surface area contributed by atoms with Crippen LogP contribution in [0.25, 0.3) is 10.8 Å². The van der Waals surface area contributed by atoms with E-state index in [0.29, 0.717) is 0 Å². The van der Waals surface area contributed by atoms with Crippen LogP contribution in [0.15, 0.2) is 86.7 Å². The molecule has 0 saturated heterocycles. The summed E-state index contributed by atoms with van der Waals surface area (Å²) >= 11 is 0.207. The van der Waals surface area contributed by atoms with Crippen molar-refractivity contribution in [3.63, 3.8) is 0 Å². The zero-order valence-corrected chi connectivity index (χ0v) is 29.0. The van der Waals surface area contributed by atoms with Crippen LogP contribution < -0.4 is 102 Å². The molecule has 5 rings (SSSR count). The van der Waals surface area contributed by atoms with Gasteiger partial charge < -0.3 is 50.5 Å². The summed E-state index contributed by atoms with van der Waals surface area (Å²) in [6.07, 6.45) is 0. The monoisotopic (exact) mass is 721 g/mol. The molecule has 1 heterocycles. The molecule has 246 valence electrons. The van der Waals surface area contributed by atoms with Crippen LogP contribution in [0, 0.1) is 0 Å². The van der Waals surface area contributed by atoms with E-state index in [1.165, 1.54) is 48.5 Å². The van der Waals surface area contributed by atoms with Gasteiger partial charge in [0.25, 0.3) is 0 Å². The number of rotatable bonds is 12. The largest absolute Gasteiger partial charge is 1.00 e. The van der Waals surface area contributed by atoms with Gasteiger partial charge in [-0.3, -0.25) is 5.04 Å². The quantitative estimate of drug-likeness (QED) is 0.0232. The Balaban J connectivity index is 0.00000338. The fraction of sp³-hybridized carbons (Fsp3) is 0. The number of fused-ring (bicyclic) bond motifs is 1. The number of hydrogen-bond acceptors (Lipinski definition) is 20. The van der Waals surface area contributed by atoms with Gasteiger partial charge in [0.15, 0.2) is 5.75 Å². The molecule has 0 amide bonds. The maximum atomic E-state index is 12.1. The van der Waals surface area contributed by atoms with E-state index in [1.54, 1.807) is 0 Å². The molecule has 0 unspecified atom stereocenters. The van der Waals surface area contributed by atoms with E-state index in [0.717, 1.165) is 18.2 Å². The van der Waals surface area contributed by atoms with E-state index in [2.05, 4.69) is 45.2 Å². The Labute approximate surface area is 345 Å². The zero-order valence-electron chi connectivity index (χ0n) is 27.4. The van der Waals surface area contributed by atoms with Crippen LogP contribution in [0.1, 0.15) is 20.7 Å². The van der Waals surface area contributed by atoms with Crippen molar-refractivity contribution in [2.75, 3.05) is 10.6 Å². The Kier molecular flexibility index (Phi) is 17.9. The van der Waals surface area contributed by atoms with Crippen molar-refractivity contribution in [3.8, 4) is 11.8 Å². The van der Waals surface area contributed by atoms with E-state index in [-0.39, 0.29) is 131 Å². The topological polar surface area (TPSA) is 307 Å². The third kappa shape index (κ3) is 11.0. The normalized spacial score (nSPS) is 10.7. The van der Waals surface area contributed by atoms with Gasteiger partial charge in [0.05, 0.1) is 45.1 Å². The Hall–Kier alpha value is -3.58. The second kappa shape index (κ2) is 20.0. The molecule has 0 saturated carbocycles. The summed E-state index contributed by atoms with van der Waals surface area (Å²) in [5.74, 6) is -4.77. The molecule has 0 fully saturated rings. The predicted molar refractivity (Wildman–Crippen MR) is 155 cm³/mol. The molecule has 0 atom stereocenters. The minimum atomic E-state index is -5.16. The molecule has 4 N–H and O–H groups in total. The van der Waals surface area contributed by atoms with E-state index < -0.39 is 56.3 Å². The minimum Gasteiger partial charge on any atom is -0.744 e. The number of nitrogens with one attached hydrogen (secondary N) is 2. The van der Waals surface area contributed by atoms with E-state index in [1.807, 2.05) is 0 Å². The van der Waals surface area contributed by atoms with Gasteiger partial charge in [-0.25, -0.2) is 8.42 Å². The summed E-state index contributed by atoms with van der Waals surface area (Å²) < 4.78 is 40.5. The average molecular weight is 721 g/mol. The van der Waals surface area contributed by atoms with E-state index >= 15 is 0 Å². The van der Waals surface area contributed by atoms with Gasteiger partial charge >= 0.3 is 81.5 Å². The molecule has 5 aromatic rings. The summed E-state index contributed by atoms with van der Waals surface area (Å²) in [6.45, 7) is 0. The van der Waals surface area contributed by atoms with Gasteiger partial charge in [-0.05, 0) is 35.7 Å². The van der Waals surface area contributed by atoms with Crippen molar-refractivity contribution in [2.45, 2.75) is 9.79 Å². The summed E-state index contributed by atoms with van der Waals surface area (Å²) in [4.78, 5) is 33.4. The number of carbonyl (C=O) groups excluding carboxylic acids is 2.